The van der Waals surface area contributed by atoms with Gasteiger partial charge in [0.2, 0.25) is 0 Å². The summed E-state index contributed by atoms with van der Waals surface area (Å²) < 4.78 is 2.03. The molecule has 0 radical (unpaired) electrons. The van der Waals surface area contributed by atoms with E-state index >= 15 is 0 Å². The number of nitrogens with two attached hydrogens (primary N) is 1. The smallest absolute Gasteiger partial charge is 0.150 e. The van der Waals surface area contributed by atoms with Crippen LogP contribution in [0.2, 0.25) is 0 Å². The molecular weight excluding hydrogens is 240 g/mol. The summed E-state index contributed by atoms with van der Waals surface area (Å²) in [5.74, 6) is 2.08. The molecule has 3 rings (SSSR count). The van der Waals surface area contributed by atoms with E-state index in [1.54, 1.807) is 0 Å². The maximum Gasteiger partial charge on any atom is 0.150 e. The van der Waals surface area contributed by atoms with Crippen LogP contribution >= 0.6 is 0 Å². The minimum atomic E-state index is -0.132. The Hall–Kier alpha value is -1.23. The minimum absolute atomic E-state index is 0.132. The van der Waals surface area contributed by atoms with Crippen LogP contribution in [0.25, 0.3) is 0 Å². The second-order valence-electron chi connectivity index (χ2n) is 6.33. The van der Waals surface area contributed by atoms with E-state index in [1.807, 2.05) is 11.6 Å². The van der Waals surface area contributed by atoms with Gasteiger partial charge in [0.25, 0.3) is 0 Å². The summed E-state index contributed by atoms with van der Waals surface area (Å²) in [6.45, 7) is 8.13. The van der Waals surface area contributed by atoms with Gasteiger partial charge in [-0.25, -0.2) is 4.68 Å². The van der Waals surface area contributed by atoms with Crippen LogP contribution in [0, 0.1) is 18.8 Å². The highest BCUT2D eigenvalue weighted by Crippen LogP contribution is 2.42. The number of aliphatic hydroxyl groups is 1. The van der Waals surface area contributed by atoms with Crippen LogP contribution in [0.1, 0.15) is 38.4 Å². The van der Waals surface area contributed by atoms with Crippen molar-refractivity contribution in [1.82, 2.24) is 9.78 Å². The van der Waals surface area contributed by atoms with E-state index < -0.39 is 0 Å². The molecule has 106 valence electrons. The molecule has 0 spiro atoms. The van der Waals surface area contributed by atoms with Gasteiger partial charge in [-0.1, -0.05) is 0 Å². The van der Waals surface area contributed by atoms with Gasteiger partial charge in [0, 0.05) is 25.0 Å². The minimum Gasteiger partial charge on any atom is -0.394 e. The van der Waals surface area contributed by atoms with Gasteiger partial charge in [0.1, 0.15) is 0 Å². The number of rotatable bonds is 2. The van der Waals surface area contributed by atoms with Gasteiger partial charge in [-0.3, -0.25) is 0 Å². The Kier molecular flexibility index (Phi) is 2.96. The Balaban J connectivity index is 1.91. The summed E-state index contributed by atoms with van der Waals surface area (Å²) in [5, 5.41) is 14.6. The average Bonchev–Trinajstić information content (AvgIpc) is 2.97. The number of anilines is 2. The molecule has 2 heterocycles. The number of aliphatic hydroxyl groups excluding tert-OH is 1. The Morgan fingerprint density at radius 1 is 1.32 bits per heavy atom. The summed E-state index contributed by atoms with van der Waals surface area (Å²) in [7, 11) is 0. The lowest BCUT2D eigenvalue weighted by Crippen LogP contribution is -2.27. The van der Waals surface area contributed by atoms with Crippen molar-refractivity contribution in [2.75, 3.05) is 23.7 Å². The van der Waals surface area contributed by atoms with E-state index in [4.69, 9.17) is 5.73 Å². The van der Waals surface area contributed by atoms with E-state index in [0.717, 1.165) is 43.1 Å². The van der Waals surface area contributed by atoms with Crippen LogP contribution in [0.4, 0.5) is 11.5 Å². The first-order chi connectivity index (χ1) is 8.99. The zero-order valence-corrected chi connectivity index (χ0v) is 12.0. The highest BCUT2D eigenvalue weighted by Gasteiger charge is 2.43. The Bertz CT molecular complexity index is 482. The van der Waals surface area contributed by atoms with Gasteiger partial charge >= 0.3 is 0 Å². The molecule has 0 aromatic carbocycles. The first-order valence-electron chi connectivity index (χ1n) is 7.26. The maximum absolute atomic E-state index is 10.0. The van der Waals surface area contributed by atoms with Crippen molar-refractivity contribution in [2.24, 2.45) is 11.8 Å². The molecular formula is C14H24N4O. The fourth-order valence-corrected chi connectivity index (χ4v) is 3.63. The topological polar surface area (TPSA) is 67.3 Å². The first-order valence-corrected chi connectivity index (χ1v) is 7.26. The third kappa shape index (κ3) is 1.91. The summed E-state index contributed by atoms with van der Waals surface area (Å²) in [6, 6.07) is 0.302. The van der Waals surface area contributed by atoms with Crippen LogP contribution < -0.4 is 10.6 Å². The zero-order chi connectivity index (χ0) is 13.7. The number of aromatic nitrogens is 2. The highest BCUT2D eigenvalue weighted by molar-refractivity contribution is 5.67. The molecule has 1 aliphatic carbocycles. The van der Waals surface area contributed by atoms with Crippen LogP contribution in [0.5, 0.6) is 0 Å². The molecule has 3 N–H and O–H groups in total. The van der Waals surface area contributed by atoms with Crippen molar-refractivity contribution in [3.05, 3.63) is 5.69 Å². The molecule has 0 amide bonds. The zero-order valence-electron chi connectivity index (χ0n) is 12.0. The summed E-state index contributed by atoms with van der Waals surface area (Å²) in [4.78, 5) is 2.33. The number of aryl methyl sites for hydroxylation is 1. The number of fused-ring (bicyclic) bond motifs is 1. The highest BCUT2D eigenvalue weighted by atomic mass is 16.3. The Morgan fingerprint density at radius 2 is 2.05 bits per heavy atom. The Morgan fingerprint density at radius 3 is 2.68 bits per heavy atom. The van der Waals surface area contributed by atoms with Crippen LogP contribution in [0.3, 0.4) is 0 Å². The van der Waals surface area contributed by atoms with Gasteiger partial charge in [-0.05, 0) is 39.5 Å². The van der Waals surface area contributed by atoms with Crippen molar-refractivity contribution < 1.29 is 5.11 Å². The first kappa shape index (κ1) is 12.8. The van der Waals surface area contributed by atoms with Crippen LogP contribution in [-0.4, -0.2) is 34.1 Å². The van der Waals surface area contributed by atoms with Crippen molar-refractivity contribution >= 4 is 11.5 Å². The number of nitrogen functional groups attached to an aromatic ring is 1. The molecule has 5 heteroatoms. The van der Waals surface area contributed by atoms with Crippen molar-refractivity contribution in [3.8, 4) is 0 Å². The summed E-state index contributed by atoms with van der Waals surface area (Å²) >= 11 is 0. The number of nitrogens with zero attached hydrogens (tertiary/aromatic N) is 3. The van der Waals surface area contributed by atoms with Crippen LogP contribution in [0.15, 0.2) is 0 Å². The molecule has 1 aromatic heterocycles. The number of hydrogen-bond donors (Lipinski definition) is 2. The molecule has 1 saturated heterocycles. The largest absolute Gasteiger partial charge is 0.394 e. The second-order valence-corrected chi connectivity index (χ2v) is 6.33. The summed E-state index contributed by atoms with van der Waals surface area (Å²) in [5.41, 5.74) is 7.92. The molecule has 1 saturated carbocycles. The molecule has 1 aromatic rings. The molecule has 5 nitrogen and oxygen atoms in total. The van der Waals surface area contributed by atoms with Gasteiger partial charge in [-0.2, -0.15) is 5.10 Å². The molecule has 0 bridgehead atoms. The van der Waals surface area contributed by atoms with Crippen molar-refractivity contribution in [3.63, 3.8) is 0 Å². The van der Waals surface area contributed by atoms with Gasteiger partial charge < -0.3 is 15.7 Å². The molecule has 2 fully saturated rings. The number of hydrogen-bond acceptors (Lipinski definition) is 4. The molecule has 3 atom stereocenters. The van der Waals surface area contributed by atoms with E-state index in [9.17, 15) is 5.11 Å². The quantitative estimate of drug-likeness (QED) is 0.850. The monoisotopic (exact) mass is 264 g/mol. The lowest BCUT2D eigenvalue weighted by Gasteiger charge is -2.23. The van der Waals surface area contributed by atoms with Crippen LogP contribution in [-0.2, 0) is 0 Å². The average molecular weight is 264 g/mol. The maximum atomic E-state index is 10.0. The lowest BCUT2D eigenvalue weighted by molar-refractivity contribution is 0.133. The molecule has 2 aliphatic rings. The van der Waals surface area contributed by atoms with Crippen molar-refractivity contribution in [1.29, 1.82) is 0 Å². The van der Waals surface area contributed by atoms with Gasteiger partial charge in [0.15, 0.2) is 5.82 Å². The third-order valence-corrected chi connectivity index (χ3v) is 4.71. The SMILES string of the molecule is Cc1nn(C(C)C)c(N2CC3CCC(O)C3C2)c1N. The van der Waals surface area contributed by atoms with E-state index in [1.165, 1.54) is 0 Å². The van der Waals surface area contributed by atoms with Gasteiger partial charge in [0.05, 0.1) is 17.5 Å². The Labute approximate surface area is 114 Å². The molecule has 3 unspecified atom stereocenters. The summed E-state index contributed by atoms with van der Waals surface area (Å²) in [6.07, 6.45) is 1.96. The molecule has 1 aliphatic heterocycles. The fraction of sp³-hybridized carbons (Fsp3) is 0.786. The van der Waals surface area contributed by atoms with Gasteiger partial charge in [-0.15, -0.1) is 0 Å². The normalized spacial score (nSPS) is 30.4. The van der Waals surface area contributed by atoms with Crippen molar-refractivity contribution in [2.45, 2.75) is 45.8 Å². The third-order valence-electron chi connectivity index (χ3n) is 4.71. The van der Waals surface area contributed by atoms with E-state index in [0.29, 0.717) is 17.9 Å². The standard InChI is InChI=1S/C14H24N4O/c1-8(2)18-14(13(15)9(3)16-18)17-6-10-4-5-12(19)11(10)7-17/h8,10-12,19H,4-7,15H2,1-3H3. The predicted molar refractivity (Wildman–Crippen MR) is 76.2 cm³/mol. The molecule has 19 heavy (non-hydrogen) atoms. The second kappa shape index (κ2) is 4.40. The lowest BCUT2D eigenvalue weighted by atomic mass is 10.00. The van der Waals surface area contributed by atoms with E-state index in [-0.39, 0.29) is 6.10 Å². The van der Waals surface area contributed by atoms with E-state index in [2.05, 4.69) is 23.8 Å². The fourth-order valence-electron chi connectivity index (χ4n) is 3.63. The predicted octanol–water partition coefficient (Wildman–Crippen LogP) is 1.56.